The Bertz CT molecular complexity index is 121. The van der Waals surface area contributed by atoms with Crippen molar-refractivity contribution in [1.82, 2.24) is 10.6 Å². The fourth-order valence-corrected chi connectivity index (χ4v) is 1.13. The van der Waals surface area contributed by atoms with Crippen LogP contribution in [0, 0.1) is 5.92 Å². The lowest BCUT2D eigenvalue weighted by Crippen LogP contribution is -2.64. The summed E-state index contributed by atoms with van der Waals surface area (Å²) >= 11 is 0. The zero-order valence-electron chi connectivity index (χ0n) is 7.35. The normalized spacial score (nSPS) is 21.8. The molecular formula is C8H18N2O. The van der Waals surface area contributed by atoms with E-state index in [1.54, 1.807) is 0 Å². The standard InChI is InChI=1S/C8H18N2O/c1-7(2)3-9-4-8(11)5-10-6-8/h7,9-11H,3-6H2,1-2H3. The third-order valence-electron chi connectivity index (χ3n) is 1.91. The van der Waals surface area contributed by atoms with Crippen LogP contribution in [0.3, 0.4) is 0 Å². The van der Waals surface area contributed by atoms with Crippen LogP contribution in [0.25, 0.3) is 0 Å². The third-order valence-corrected chi connectivity index (χ3v) is 1.91. The van der Waals surface area contributed by atoms with Gasteiger partial charge < -0.3 is 15.7 Å². The molecule has 3 heteroatoms. The molecule has 1 saturated heterocycles. The van der Waals surface area contributed by atoms with Gasteiger partial charge in [0.2, 0.25) is 0 Å². The summed E-state index contributed by atoms with van der Waals surface area (Å²) in [6.45, 7) is 7.50. The Labute approximate surface area is 68.2 Å². The Morgan fingerprint density at radius 3 is 2.55 bits per heavy atom. The van der Waals surface area contributed by atoms with E-state index in [0.29, 0.717) is 5.92 Å². The molecule has 0 unspecified atom stereocenters. The van der Waals surface area contributed by atoms with Gasteiger partial charge in [-0.25, -0.2) is 0 Å². The zero-order chi connectivity index (χ0) is 8.32. The summed E-state index contributed by atoms with van der Waals surface area (Å²) in [5.74, 6) is 0.659. The Morgan fingerprint density at radius 2 is 2.18 bits per heavy atom. The molecule has 11 heavy (non-hydrogen) atoms. The molecule has 0 aliphatic carbocycles. The first kappa shape index (κ1) is 8.97. The van der Waals surface area contributed by atoms with Gasteiger partial charge in [-0.3, -0.25) is 0 Å². The van der Waals surface area contributed by atoms with E-state index in [1.807, 2.05) is 0 Å². The van der Waals surface area contributed by atoms with E-state index in [1.165, 1.54) is 0 Å². The van der Waals surface area contributed by atoms with Gasteiger partial charge in [0.25, 0.3) is 0 Å². The lowest BCUT2D eigenvalue weighted by molar-refractivity contribution is -0.00866. The highest BCUT2D eigenvalue weighted by atomic mass is 16.3. The van der Waals surface area contributed by atoms with Crippen molar-refractivity contribution in [2.24, 2.45) is 5.92 Å². The van der Waals surface area contributed by atoms with Crippen LogP contribution in [0.15, 0.2) is 0 Å². The summed E-state index contributed by atoms with van der Waals surface area (Å²) < 4.78 is 0. The summed E-state index contributed by atoms with van der Waals surface area (Å²) in [7, 11) is 0. The molecule has 0 bridgehead atoms. The molecule has 0 atom stereocenters. The first-order valence-electron chi connectivity index (χ1n) is 4.26. The van der Waals surface area contributed by atoms with Gasteiger partial charge in [-0.1, -0.05) is 13.8 Å². The Hall–Kier alpha value is -0.120. The fourth-order valence-electron chi connectivity index (χ4n) is 1.13. The molecule has 1 fully saturated rings. The van der Waals surface area contributed by atoms with Crippen molar-refractivity contribution in [3.63, 3.8) is 0 Å². The summed E-state index contributed by atoms with van der Waals surface area (Å²) in [6, 6.07) is 0. The topological polar surface area (TPSA) is 44.3 Å². The molecule has 1 rings (SSSR count). The molecule has 0 amide bonds. The van der Waals surface area contributed by atoms with Crippen molar-refractivity contribution in [2.45, 2.75) is 19.4 Å². The van der Waals surface area contributed by atoms with Crippen LogP contribution in [-0.2, 0) is 0 Å². The van der Waals surface area contributed by atoms with Crippen LogP contribution in [0.5, 0.6) is 0 Å². The van der Waals surface area contributed by atoms with Crippen molar-refractivity contribution in [2.75, 3.05) is 26.2 Å². The van der Waals surface area contributed by atoms with Gasteiger partial charge in [-0.05, 0) is 12.5 Å². The number of nitrogens with one attached hydrogen (secondary N) is 2. The van der Waals surface area contributed by atoms with Crippen LogP contribution >= 0.6 is 0 Å². The minimum Gasteiger partial charge on any atom is -0.386 e. The molecule has 66 valence electrons. The van der Waals surface area contributed by atoms with Gasteiger partial charge in [0, 0.05) is 19.6 Å². The van der Waals surface area contributed by atoms with E-state index in [-0.39, 0.29) is 0 Å². The predicted molar refractivity (Wildman–Crippen MR) is 45.5 cm³/mol. The van der Waals surface area contributed by atoms with Gasteiger partial charge >= 0.3 is 0 Å². The van der Waals surface area contributed by atoms with Crippen LogP contribution in [0.4, 0.5) is 0 Å². The van der Waals surface area contributed by atoms with Crippen molar-refractivity contribution < 1.29 is 5.11 Å². The SMILES string of the molecule is CC(C)CNCC1(O)CNC1. The molecule has 1 aliphatic heterocycles. The second kappa shape index (κ2) is 3.52. The van der Waals surface area contributed by atoms with Crippen molar-refractivity contribution in [3.8, 4) is 0 Å². The number of β-amino-alcohol motifs (C(OH)–C–C–N with tert-alkyl or cyclic N) is 1. The molecule has 0 aromatic rings. The van der Waals surface area contributed by atoms with Crippen LogP contribution in [0.1, 0.15) is 13.8 Å². The van der Waals surface area contributed by atoms with Gasteiger partial charge in [0.1, 0.15) is 5.60 Å². The van der Waals surface area contributed by atoms with Gasteiger partial charge in [0.05, 0.1) is 0 Å². The summed E-state index contributed by atoms with van der Waals surface area (Å²) in [6.07, 6.45) is 0. The molecule has 0 aromatic carbocycles. The monoisotopic (exact) mass is 158 g/mol. The summed E-state index contributed by atoms with van der Waals surface area (Å²) in [5, 5.41) is 15.9. The second-order valence-corrected chi connectivity index (χ2v) is 3.85. The van der Waals surface area contributed by atoms with Crippen LogP contribution in [-0.4, -0.2) is 36.9 Å². The lowest BCUT2D eigenvalue weighted by atomic mass is 9.97. The van der Waals surface area contributed by atoms with Gasteiger partial charge in [-0.15, -0.1) is 0 Å². The third kappa shape index (κ3) is 2.77. The number of hydrogen-bond acceptors (Lipinski definition) is 3. The molecular weight excluding hydrogens is 140 g/mol. The lowest BCUT2D eigenvalue weighted by Gasteiger charge is -2.37. The first-order chi connectivity index (χ1) is 5.12. The molecule has 0 saturated carbocycles. The average Bonchev–Trinajstić information content (AvgIpc) is 1.83. The highest BCUT2D eigenvalue weighted by Gasteiger charge is 2.33. The number of aliphatic hydroxyl groups is 1. The van der Waals surface area contributed by atoms with Crippen molar-refractivity contribution >= 4 is 0 Å². The van der Waals surface area contributed by atoms with E-state index >= 15 is 0 Å². The number of rotatable bonds is 4. The summed E-state index contributed by atoms with van der Waals surface area (Å²) in [4.78, 5) is 0. The Kier molecular flexibility index (Phi) is 2.87. The number of hydrogen-bond donors (Lipinski definition) is 3. The molecule has 3 N–H and O–H groups in total. The highest BCUT2D eigenvalue weighted by molar-refractivity contribution is 4.94. The maximum Gasteiger partial charge on any atom is 0.102 e. The molecule has 0 spiro atoms. The summed E-state index contributed by atoms with van der Waals surface area (Å²) in [5.41, 5.74) is -0.463. The molecule has 1 aliphatic rings. The highest BCUT2D eigenvalue weighted by Crippen LogP contribution is 2.07. The van der Waals surface area contributed by atoms with Crippen LogP contribution in [0.2, 0.25) is 0 Å². The minimum atomic E-state index is -0.463. The largest absolute Gasteiger partial charge is 0.386 e. The maximum absolute atomic E-state index is 9.60. The van der Waals surface area contributed by atoms with Crippen molar-refractivity contribution in [3.05, 3.63) is 0 Å². The quantitative estimate of drug-likeness (QED) is 0.520. The molecule has 0 radical (unpaired) electrons. The first-order valence-corrected chi connectivity index (χ1v) is 4.26. The van der Waals surface area contributed by atoms with E-state index in [4.69, 9.17) is 0 Å². The smallest absolute Gasteiger partial charge is 0.102 e. The van der Waals surface area contributed by atoms with Gasteiger partial charge in [0.15, 0.2) is 0 Å². The maximum atomic E-state index is 9.60. The zero-order valence-corrected chi connectivity index (χ0v) is 7.35. The Morgan fingerprint density at radius 1 is 1.55 bits per heavy atom. The molecule has 3 nitrogen and oxygen atoms in total. The van der Waals surface area contributed by atoms with Crippen molar-refractivity contribution in [1.29, 1.82) is 0 Å². The van der Waals surface area contributed by atoms with Crippen LogP contribution < -0.4 is 10.6 Å². The fraction of sp³-hybridized carbons (Fsp3) is 1.00. The van der Waals surface area contributed by atoms with E-state index in [9.17, 15) is 5.11 Å². The van der Waals surface area contributed by atoms with E-state index in [2.05, 4.69) is 24.5 Å². The average molecular weight is 158 g/mol. The minimum absolute atomic E-state index is 0.463. The van der Waals surface area contributed by atoms with Gasteiger partial charge in [-0.2, -0.15) is 0 Å². The second-order valence-electron chi connectivity index (χ2n) is 3.85. The van der Waals surface area contributed by atoms with E-state index < -0.39 is 5.60 Å². The molecule has 1 heterocycles. The Balaban J connectivity index is 2.02. The molecule has 0 aromatic heterocycles. The predicted octanol–water partition coefficient (Wildman–Crippen LogP) is -0.434. The van der Waals surface area contributed by atoms with E-state index in [0.717, 1.165) is 26.2 Å².